The molecule has 0 aliphatic carbocycles. The van der Waals surface area contributed by atoms with Gasteiger partial charge in [0.1, 0.15) is 22.0 Å². The fourth-order valence-corrected chi connectivity index (χ4v) is 18.8. The molecular formula is C23H32N4OSi2. The maximum atomic E-state index is 11.5. The number of benzene rings is 2. The highest BCUT2D eigenvalue weighted by Gasteiger charge is 2.48. The van der Waals surface area contributed by atoms with Crippen molar-refractivity contribution in [2.75, 3.05) is 6.54 Å². The third-order valence-electron chi connectivity index (χ3n) is 6.52. The molecular weight excluding hydrogens is 404 g/mol. The molecule has 4 rings (SSSR count). The fraction of sp³-hybridized carbons (Fsp3) is 0.391. The molecule has 7 heteroatoms. The Morgan fingerprint density at radius 2 is 1.60 bits per heavy atom. The number of hydrogen-bond acceptors (Lipinski definition) is 4. The predicted octanol–water partition coefficient (Wildman–Crippen LogP) is 4.77. The summed E-state index contributed by atoms with van der Waals surface area (Å²) in [6.45, 7) is 10.5. The summed E-state index contributed by atoms with van der Waals surface area (Å²) < 4.78 is 4.62. The maximum absolute atomic E-state index is 11.5. The molecule has 1 aliphatic rings. The second-order valence-electron chi connectivity index (χ2n) is 9.59. The van der Waals surface area contributed by atoms with Gasteiger partial charge in [0.15, 0.2) is 0 Å². The Balaban J connectivity index is 1.69. The van der Waals surface area contributed by atoms with Crippen LogP contribution in [0.4, 0.5) is 0 Å². The topological polar surface area (TPSA) is 54.2 Å². The molecule has 0 amide bonds. The number of aliphatic hydroxyl groups excluding tert-OH is 1. The van der Waals surface area contributed by atoms with Gasteiger partial charge in [-0.05, 0) is 29.8 Å². The van der Waals surface area contributed by atoms with E-state index in [-0.39, 0.29) is 6.04 Å². The zero-order valence-electron chi connectivity index (χ0n) is 18.4. The lowest BCUT2D eigenvalue weighted by molar-refractivity contribution is 0.117. The van der Waals surface area contributed by atoms with E-state index < -0.39 is 22.6 Å². The molecule has 0 saturated carbocycles. The standard InChI is InChI=1S/C23H32N4OSi2/c1-29(2)16-17-30(3,4)26(29)18-23(28)22(15-14-19-10-6-5-7-11-19)27-21-13-9-8-12-20(21)24-25-27/h5-15,22-23,28H,16-18H2,1-4H3/b15-14+. The van der Waals surface area contributed by atoms with Crippen LogP contribution in [-0.2, 0) is 0 Å². The largest absolute Gasteiger partial charge is 0.389 e. The molecule has 0 spiro atoms. The summed E-state index contributed by atoms with van der Waals surface area (Å²) in [5.41, 5.74) is 2.92. The quantitative estimate of drug-likeness (QED) is 0.565. The van der Waals surface area contributed by atoms with E-state index >= 15 is 0 Å². The molecule has 1 N–H and O–H groups in total. The molecule has 1 fully saturated rings. The first-order valence-corrected chi connectivity index (χ1v) is 17.1. The van der Waals surface area contributed by atoms with Crippen molar-refractivity contribution in [1.82, 2.24) is 19.2 Å². The van der Waals surface area contributed by atoms with Crippen LogP contribution in [0.15, 0.2) is 60.7 Å². The molecule has 0 bridgehead atoms. The van der Waals surface area contributed by atoms with Crippen molar-refractivity contribution in [1.29, 1.82) is 0 Å². The van der Waals surface area contributed by atoms with Gasteiger partial charge in [-0.25, -0.2) is 4.68 Å². The Labute approximate surface area is 181 Å². The summed E-state index contributed by atoms with van der Waals surface area (Å²) in [4.78, 5) is 0. The lowest BCUT2D eigenvalue weighted by Crippen LogP contribution is -2.58. The van der Waals surface area contributed by atoms with Crippen LogP contribution >= 0.6 is 0 Å². The van der Waals surface area contributed by atoms with E-state index in [2.05, 4.69) is 65.0 Å². The summed E-state index contributed by atoms with van der Waals surface area (Å²) >= 11 is 0. The highest BCUT2D eigenvalue weighted by Crippen LogP contribution is 2.37. The number of nitrogens with zero attached hydrogens (tertiary/aromatic N) is 4. The Morgan fingerprint density at radius 3 is 2.30 bits per heavy atom. The van der Waals surface area contributed by atoms with Crippen LogP contribution < -0.4 is 0 Å². The molecule has 1 aromatic heterocycles. The summed E-state index contributed by atoms with van der Waals surface area (Å²) in [6, 6.07) is 20.6. The van der Waals surface area contributed by atoms with Crippen LogP contribution in [0.5, 0.6) is 0 Å². The summed E-state index contributed by atoms with van der Waals surface area (Å²) in [5, 5.41) is 20.3. The minimum absolute atomic E-state index is 0.271. The molecule has 0 radical (unpaired) electrons. The highest BCUT2D eigenvalue weighted by molar-refractivity contribution is 6.95. The highest BCUT2D eigenvalue weighted by atomic mass is 28.4. The number of aromatic nitrogens is 3. The van der Waals surface area contributed by atoms with Gasteiger partial charge >= 0.3 is 0 Å². The van der Waals surface area contributed by atoms with Gasteiger partial charge in [-0.3, -0.25) is 0 Å². The van der Waals surface area contributed by atoms with Gasteiger partial charge in [-0.2, -0.15) is 0 Å². The molecule has 1 saturated heterocycles. The van der Waals surface area contributed by atoms with Gasteiger partial charge in [0.05, 0.1) is 17.7 Å². The Bertz CT molecular complexity index is 1020. The van der Waals surface area contributed by atoms with Crippen LogP contribution in [-0.4, -0.2) is 53.5 Å². The molecule has 30 heavy (non-hydrogen) atoms. The van der Waals surface area contributed by atoms with E-state index in [9.17, 15) is 5.11 Å². The van der Waals surface area contributed by atoms with E-state index in [1.54, 1.807) is 0 Å². The van der Waals surface area contributed by atoms with E-state index in [0.29, 0.717) is 6.54 Å². The van der Waals surface area contributed by atoms with Crippen molar-refractivity contribution in [3.63, 3.8) is 0 Å². The number of β-amino-alcohol motifs (C(OH)–C–C–N with tert-alkyl or cyclic N) is 1. The van der Waals surface area contributed by atoms with E-state index in [0.717, 1.165) is 16.6 Å². The lowest BCUT2D eigenvalue weighted by Gasteiger charge is -2.41. The first kappa shape index (κ1) is 21.2. The van der Waals surface area contributed by atoms with Gasteiger partial charge in [0, 0.05) is 6.54 Å². The van der Waals surface area contributed by atoms with E-state index in [1.165, 1.54) is 12.1 Å². The van der Waals surface area contributed by atoms with Crippen LogP contribution in [0.2, 0.25) is 38.3 Å². The van der Waals surface area contributed by atoms with Crippen molar-refractivity contribution in [3.05, 3.63) is 66.2 Å². The number of hydrogen-bond donors (Lipinski definition) is 1. The van der Waals surface area contributed by atoms with Crippen LogP contribution in [0.25, 0.3) is 17.1 Å². The Morgan fingerprint density at radius 1 is 0.967 bits per heavy atom. The first-order chi connectivity index (χ1) is 14.3. The zero-order valence-corrected chi connectivity index (χ0v) is 20.4. The minimum atomic E-state index is -1.47. The van der Waals surface area contributed by atoms with Crippen molar-refractivity contribution >= 4 is 33.6 Å². The second-order valence-corrected chi connectivity index (χ2v) is 19.4. The van der Waals surface area contributed by atoms with Crippen molar-refractivity contribution in [2.24, 2.45) is 0 Å². The van der Waals surface area contributed by atoms with Gasteiger partial charge in [0.2, 0.25) is 0 Å². The smallest absolute Gasteiger partial charge is 0.115 e. The maximum Gasteiger partial charge on any atom is 0.115 e. The monoisotopic (exact) mass is 436 g/mol. The Hall–Kier alpha value is -2.07. The molecule has 2 unspecified atom stereocenters. The molecule has 158 valence electrons. The number of aliphatic hydroxyl groups is 1. The zero-order chi connectivity index (χ0) is 21.4. The summed E-state index contributed by atoms with van der Waals surface area (Å²) in [6.07, 6.45) is 3.62. The van der Waals surface area contributed by atoms with Gasteiger partial charge in [0.25, 0.3) is 0 Å². The first-order valence-electron chi connectivity index (χ1n) is 10.8. The average molecular weight is 437 g/mol. The molecule has 1 aliphatic heterocycles. The normalized spacial score (nSPS) is 20.7. The molecule has 2 aromatic carbocycles. The molecule has 3 aromatic rings. The van der Waals surface area contributed by atoms with E-state index in [4.69, 9.17) is 0 Å². The van der Waals surface area contributed by atoms with Crippen LogP contribution in [0, 0.1) is 0 Å². The van der Waals surface area contributed by atoms with Gasteiger partial charge < -0.3 is 9.34 Å². The molecule has 2 heterocycles. The van der Waals surface area contributed by atoms with Crippen molar-refractivity contribution in [2.45, 2.75) is 50.4 Å². The van der Waals surface area contributed by atoms with Crippen LogP contribution in [0.1, 0.15) is 11.6 Å². The number of fused-ring (bicyclic) bond motifs is 1. The van der Waals surface area contributed by atoms with Crippen molar-refractivity contribution < 1.29 is 5.11 Å². The number of para-hydroxylation sites is 1. The van der Waals surface area contributed by atoms with Gasteiger partial charge in [-0.1, -0.05) is 86.0 Å². The average Bonchev–Trinajstić information content (AvgIpc) is 3.23. The fourth-order valence-electron chi connectivity index (χ4n) is 4.74. The third kappa shape index (κ3) is 4.20. The molecule has 2 atom stereocenters. The SMILES string of the molecule is C[Si]1(C)CC[Si](C)(C)N1CC(O)C(/C=C/c1ccccc1)n1nnc2ccccc21. The Kier molecular flexibility index (Phi) is 5.80. The minimum Gasteiger partial charge on any atom is -0.389 e. The van der Waals surface area contributed by atoms with E-state index in [1.807, 2.05) is 47.1 Å². The number of rotatable bonds is 6. The lowest BCUT2D eigenvalue weighted by atomic mass is 10.1. The molecule has 5 nitrogen and oxygen atoms in total. The van der Waals surface area contributed by atoms with Crippen molar-refractivity contribution in [3.8, 4) is 0 Å². The summed E-state index contributed by atoms with van der Waals surface area (Å²) in [7, 11) is -2.95. The van der Waals surface area contributed by atoms with Crippen LogP contribution in [0.3, 0.4) is 0 Å². The summed E-state index contributed by atoms with van der Waals surface area (Å²) in [5.74, 6) is 0. The third-order valence-corrected chi connectivity index (χ3v) is 16.9. The predicted molar refractivity (Wildman–Crippen MR) is 129 cm³/mol. The second kappa shape index (κ2) is 8.22. The van der Waals surface area contributed by atoms with Gasteiger partial charge in [-0.15, -0.1) is 5.10 Å².